The van der Waals surface area contributed by atoms with Crippen LogP contribution in [-0.4, -0.2) is 11.7 Å². The number of rotatable bonds is 3. The summed E-state index contributed by atoms with van der Waals surface area (Å²) < 4.78 is 37.4. The molecule has 15 heavy (non-hydrogen) atoms. The van der Waals surface area contributed by atoms with Crippen molar-refractivity contribution in [3.63, 3.8) is 0 Å². The average Bonchev–Trinajstić information content (AvgIpc) is 2.17. The molecule has 0 fully saturated rings. The van der Waals surface area contributed by atoms with Crippen LogP contribution in [0.1, 0.15) is 22.3 Å². The van der Waals surface area contributed by atoms with Gasteiger partial charge in [0.15, 0.2) is 5.78 Å². The number of benzene rings is 1. The van der Waals surface area contributed by atoms with Crippen LogP contribution in [0, 0.1) is 0 Å². The molecule has 0 heterocycles. The van der Waals surface area contributed by atoms with E-state index in [1.165, 1.54) is 12.1 Å². The van der Waals surface area contributed by atoms with Crippen LogP contribution >= 0.6 is 11.6 Å². The van der Waals surface area contributed by atoms with E-state index in [0.29, 0.717) is 0 Å². The highest BCUT2D eigenvalue weighted by Gasteiger charge is 2.34. The summed E-state index contributed by atoms with van der Waals surface area (Å²) in [4.78, 5) is 11.3. The first-order chi connectivity index (χ1) is 6.96. The Bertz CT molecular complexity index is 360. The molecule has 0 aliphatic rings. The van der Waals surface area contributed by atoms with E-state index >= 15 is 0 Å². The summed E-state index contributed by atoms with van der Waals surface area (Å²) >= 11 is 5.31. The Balaban J connectivity index is 3.12. The average molecular weight is 237 g/mol. The topological polar surface area (TPSA) is 17.1 Å². The van der Waals surface area contributed by atoms with E-state index in [9.17, 15) is 18.0 Å². The molecule has 0 saturated carbocycles. The lowest BCUT2D eigenvalue weighted by Gasteiger charge is -2.10. The largest absolute Gasteiger partial charge is 0.417 e. The standard InChI is InChI=1S/C10H8ClF3O/c11-6-5-9(15)7-3-1-2-4-8(7)10(12,13)14/h1-4H,5-6H2. The van der Waals surface area contributed by atoms with Crippen molar-refractivity contribution >= 4 is 17.4 Å². The van der Waals surface area contributed by atoms with Crippen LogP contribution in [0.3, 0.4) is 0 Å². The molecular weight excluding hydrogens is 229 g/mol. The number of carbonyl (C=O) groups excluding carboxylic acids is 1. The molecule has 0 saturated heterocycles. The Kier molecular flexibility index (Phi) is 3.74. The molecule has 1 rings (SSSR count). The number of carbonyl (C=O) groups is 1. The van der Waals surface area contributed by atoms with Crippen molar-refractivity contribution in [3.05, 3.63) is 35.4 Å². The van der Waals surface area contributed by atoms with E-state index in [2.05, 4.69) is 0 Å². The molecule has 0 aromatic heterocycles. The molecule has 5 heteroatoms. The van der Waals surface area contributed by atoms with Gasteiger partial charge in [0.2, 0.25) is 0 Å². The zero-order valence-electron chi connectivity index (χ0n) is 7.64. The molecule has 1 aromatic rings. The molecule has 1 aromatic carbocycles. The van der Waals surface area contributed by atoms with Crippen molar-refractivity contribution in [1.29, 1.82) is 0 Å². The van der Waals surface area contributed by atoms with Gasteiger partial charge in [0.25, 0.3) is 0 Å². The molecule has 0 atom stereocenters. The minimum Gasteiger partial charge on any atom is -0.294 e. The summed E-state index contributed by atoms with van der Waals surface area (Å²) in [7, 11) is 0. The lowest BCUT2D eigenvalue weighted by Crippen LogP contribution is -2.13. The van der Waals surface area contributed by atoms with Crippen molar-refractivity contribution < 1.29 is 18.0 Å². The summed E-state index contributed by atoms with van der Waals surface area (Å²) in [5.41, 5.74) is -1.22. The van der Waals surface area contributed by atoms with E-state index in [1.807, 2.05) is 0 Å². The van der Waals surface area contributed by atoms with Crippen LogP contribution in [0.4, 0.5) is 13.2 Å². The normalized spacial score (nSPS) is 11.5. The minimum atomic E-state index is -4.50. The summed E-state index contributed by atoms with van der Waals surface area (Å²) in [5.74, 6) is -0.566. The van der Waals surface area contributed by atoms with Crippen molar-refractivity contribution in [2.24, 2.45) is 0 Å². The zero-order chi connectivity index (χ0) is 11.5. The second kappa shape index (κ2) is 4.66. The maximum absolute atomic E-state index is 12.5. The maximum atomic E-state index is 12.5. The Morgan fingerprint density at radius 2 is 1.87 bits per heavy atom. The molecule has 0 bridgehead atoms. The van der Waals surface area contributed by atoms with Gasteiger partial charge in [-0.1, -0.05) is 18.2 Å². The smallest absolute Gasteiger partial charge is 0.294 e. The lowest BCUT2D eigenvalue weighted by molar-refractivity contribution is -0.137. The van der Waals surface area contributed by atoms with Gasteiger partial charge in [-0.05, 0) is 6.07 Å². The molecule has 1 nitrogen and oxygen atoms in total. The maximum Gasteiger partial charge on any atom is 0.417 e. The van der Waals surface area contributed by atoms with Crippen LogP contribution in [-0.2, 0) is 6.18 Å². The molecule has 0 aliphatic heterocycles. The molecular formula is C10H8ClF3O. The molecule has 0 N–H and O–H groups in total. The Hall–Kier alpha value is -1.03. The van der Waals surface area contributed by atoms with E-state index < -0.39 is 17.5 Å². The summed E-state index contributed by atoms with van der Waals surface area (Å²) in [6, 6.07) is 4.70. The number of alkyl halides is 4. The predicted octanol–water partition coefficient (Wildman–Crippen LogP) is 3.52. The van der Waals surface area contributed by atoms with Crippen molar-refractivity contribution in [2.75, 3.05) is 5.88 Å². The summed E-state index contributed by atoms with van der Waals surface area (Å²) in [6.45, 7) is 0. The van der Waals surface area contributed by atoms with E-state index in [0.717, 1.165) is 12.1 Å². The number of Topliss-reactive ketones (excluding diaryl/α,β-unsaturated/α-hetero) is 1. The van der Waals surface area contributed by atoms with Crippen LogP contribution < -0.4 is 0 Å². The summed E-state index contributed by atoms with van der Waals surface area (Å²) in [6.07, 6.45) is -4.59. The molecule has 82 valence electrons. The molecule has 0 radical (unpaired) electrons. The first-order valence-electron chi connectivity index (χ1n) is 4.22. The van der Waals surface area contributed by atoms with Crippen LogP contribution in [0.2, 0.25) is 0 Å². The van der Waals surface area contributed by atoms with Gasteiger partial charge in [-0.3, -0.25) is 4.79 Å². The lowest BCUT2D eigenvalue weighted by atomic mass is 10.0. The Labute approximate surface area is 89.9 Å². The van der Waals surface area contributed by atoms with Crippen LogP contribution in [0.15, 0.2) is 24.3 Å². The number of ketones is 1. The molecule has 0 aliphatic carbocycles. The van der Waals surface area contributed by atoms with Gasteiger partial charge >= 0.3 is 6.18 Å². The first-order valence-corrected chi connectivity index (χ1v) is 4.75. The number of halogens is 4. The Morgan fingerprint density at radius 3 is 2.40 bits per heavy atom. The van der Waals surface area contributed by atoms with Gasteiger partial charge in [-0.2, -0.15) is 13.2 Å². The quantitative estimate of drug-likeness (QED) is 0.580. The number of hydrogen-bond donors (Lipinski definition) is 0. The van der Waals surface area contributed by atoms with Gasteiger partial charge < -0.3 is 0 Å². The van der Waals surface area contributed by atoms with Gasteiger partial charge in [0.05, 0.1) is 5.56 Å². The van der Waals surface area contributed by atoms with Gasteiger partial charge in [-0.15, -0.1) is 11.6 Å². The van der Waals surface area contributed by atoms with Crippen LogP contribution in [0.25, 0.3) is 0 Å². The zero-order valence-corrected chi connectivity index (χ0v) is 8.40. The van der Waals surface area contributed by atoms with E-state index in [4.69, 9.17) is 11.6 Å². The Morgan fingerprint density at radius 1 is 1.27 bits per heavy atom. The highest BCUT2D eigenvalue weighted by atomic mass is 35.5. The fourth-order valence-corrected chi connectivity index (χ4v) is 1.37. The second-order valence-electron chi connectivity index (χ2n) is 2.91. The number of hydrogen-bond acceptors (Lipinski definition) is 1. The van der Waals surface area contributed by atoms with Crippen LogP contribution in [0.5, 0.6) is 0 Å². The molecule has 0 unspecified atom stereocenters. The van der Waals surface area contributed by atoms with E-state index in [-0.39, 0.29) is 17.9 Å². The SMILES string of the molecule is O=C(CCCl)c1ccccc1C(F)(F)F. The molecule has 0 amide bonds. The third-order valence-electron chi connectivity index (χ3n) is 1.85. The van der Waals surface area contributed by atoms with Crippen molar-refractivity contribution in [2.45, 2.75) is 12.6 Å². The van der Waals surface area contributed by atoms with Gasteiger partial charge in [0, 0.05) is 17.9 Å². The minimum absolute atomic E-state index is 0.0189. The van der Waals surface area contributed by atoms with Gasteiger partial charge in [-0.25, -0.2) is 0 Å². The predicted molar refractivity (Wildman–Crippen MR) is 51.1 cm³/mol. The highest BCUT2D eigenvalue weighted by Crippen LogP contribution is 2.32. The first kappa shape index (κ1) is 12.0. The summed E-state index contributed by atoms with van der Waals surface area (Å²) in [5, 5.41) is 0. The second-order valence-corrected chi connectivity index (χ2v) is 3.28. The third-order valence-corrected chi connectivity index (χ3v) is 2.04. The fraction of sp³-hybridized carbons (Fsp3) is 0.300. The third kappa shape index (κ3) is 2.96. The highest BCUT2D eigenvalue weighted by molar-refractivity contribution is 6.19. The van der Waals surface area contributed by atoms with Crippen molar-refractivity contribution in [1.82, 2.24) is 0 Å². The molecule has 0 spiro atoms. The van der Waals surface area contributed by atoms with Crippen molar-refractivity contribution in [3.8, 4) is 0 Å². The monoisotopic (exact) mass is 236 g/mol. The van der Waals surface area contributed by atoms with E-state index in [1.54, 1.807) is 0 Å². The fourth-order valence-electron chi connectivity index (χ4n) is 1.19. The van der Waals surface area contributed by atoms with Gasteiger partial charge in [0.1, 0.15) is 0 Å².